The maximum atomic E-state index is 13.6. The van der Waals surface area contributed by atoms with E-state index >= 15 is 0 Å². The van der Waals surface area contributed by atoms with Crippen molar-refractivity contribution in [1.82, 2.24) is 15.5 Å². The number of hydrogen-bond donors (Lipinski definition) is 3. The van der Waals surface area contributed by atoms with Gasteiger partial charge < -0.3 is 26.0 Å². The minimum atomic E-state index is -0.771. The Balaban J connectivity index is 0.00000420. The zero-order chi connectivity index (χ0) is 27.1. The predicted octanol–water partition coefficient (Wildman–Crippen LogP) is 3.22. The molecule has 0 bridgehead atoms. The van der Waals surface area contributed by atoms with Gasteiger partial charge in [-0.2, -0.15) is 0 Å². The lowest BCUT2D eigenvalue weighted by atomic mass is 9.73. The van der Waals surface area contributed by atoms with E-state index in [2.05, 4.69) is 10.6 Å². The third-order valence-corrected chi connectivity index (χ3v) is 7.54. The average Bonchev–Trinajstić information content (AvgIpc) is 2.91. The van der Waals surface area contributed by atoms with Crippen LogP contribution >= 0.6 is 12.4 Å². The minimum Gasteiger partial charge on any atom is -0.491 e. The number of ether oxygens (including phenoxy) is 1. The van der Waals surface area contributed by atoms with Gasteiger partial charge in [0.1, 0.15) is 18.2 Å². The molecule has 2 heterocycles. The van der Waals surface area contributed by atoms with E-state index in [1.807, 2.05) is 13.0 Å². The number of carbonyl (C=O) groups excluding carboxylic acids is 3. The van der Waals surface area contributed by atoms with Crippen molar-refractivity contribution in [2.24, 2.45) is 11.1 Å². The number of nitrogens with zero attached hydrogens (tertiary/aromatic N) is 1. The lowest BCUT2D eigenvalue weighted by molar-refractivity contribution is -0.142. The number of nitrogens with one attached hydrogen (secondary N) is 2. The molecule has 0 saturated carbocycles. The van der Waals surface area contributed by atoms with Crippen molar-refractivity contribution < 1.29 is 23.5 Å². The highest BCUT2D eigenvalue weighted by molar-refractivity contribution is 5.96. The van der Waals surface area contributed by atoms with Gasteiger partial charge in [0.15, 0.2) is 0 Å². The molecule has 0 unspecified atom stereocenters. The molecule has 10 heteroatoms. The van der Waals surface area contributed by atoms with Crippen LogP contribution < -0.4 is 21.1 Å². The number of benzene rings is 2. The molecule has 2 aromatic carbocycles. The van der Waals surface area contributed by atoms with Crippen LogP contribution in [0.15, 0.2) is 48.5 Å². The van der Waals surface area contributed by atoms with Crippen LogP contribution in [0.5, 0.6) is 5.75 Å². The molecule has 4 N–H and O–H groups in total. The van der Waals surface area contributed by atoms with Gasteiger partial charge in [-0.15, -0.1) is 12.4 Å². The van der Waals surface area contributed by atoms with Crippen LogP contribution in [0.4, 0.5) is 4.39 Å². The van der Waals surface area contributed by atoms with E-state index in [1.54, 1.807) is 35.2 Å². The van der Waals surface area contributed by atoms with Crippen LogP contribution in [0.2, 0.25) is 0 Å². The van der Waals surface area contributed by atoms with Crippen molar-refractivity contribution in [1.29, 1.82) is 0 Å². The van der Waals surface area contributed by atoms with Crippen molar-refractivity contribution in [2.75, 3.05) is 26.2 Å². The van der Waals surface area contributed by atoms with Gasteiger partial charge in [0.05, 0.1) is 23.1 Å². The fraction of sp³-hybridized carbons (Fsp3) is 0.483. The predicted molar refractivity (Wildman–Crippen MR) is 149 cm³/mol. The molecule has 2 aromatic rings. The van der Waals surface area contributed by atoms with E-state index in [0.717, 1.165) is 12.8 Å². The first-order valence-electron chi connectivity index (χ1n) is 13.4. The topological polar surface area (TPSA) is 114 Å². The number of carbonyl (C=O) groups is 3. The van der Waals surface area contributed by atoms with Crippen LogP contribution in [0.1, 0.15) is 54.9 Å². The molecule has 0 radical (unpaired) electrons. The monoisotopic (exact) mass is 560 g/mol. The van der Waals surface area contributed by atoms with Crippen LogP contribution in [0.25, 0.3) is 0 Å². The molecule has 2 aliphatic heterocycles. The second-order valence-corrected chi connectivity index (χ2v) is 10.4. The van der Waals surface area contributed by atoms with Crippen LogP contribution in [-0.4, -0.2) is 60.9 Å². The summed E-state index contributed by atoms with van der Waals surface area (Å²) in [6.07, 6.45) is 3.48. The maximum absolute atomic E-state index is 13.6. The summed E-state index contributed by atoms with van der Waals surface area (Å²) in [7, 11) is 0. The van der Waals surface area contributed by atoms with E-state index < -0.39 is 11.5 Å². The summed E-state index contributed by atoms with van der Waals surface area (Å²) in [5.74, 6) is -0.261. The molecular weight excluding hydrogens is 523 g/mol. The number of para-hydroxylation sites is 1. The van der Waals surface area contributed by atoms with Gasteiger partial charge in [-0.05, 0) is 68.9 Å². The molecule has 1 fully saturated rings. The fourth-order valence-corrected chi connectivity index (χ4v) is 5.28. The van der Waals surface area contributed by atoms with Gasteiger partial charge in [-0.3, -0.25) is 14.4 Å². The van der Waals surface area contributed by atoms with Crippen molar-refractivity contribution in [2.45, 2.75) is 57.5 Å². The second kappa shape index (κ2) is 13.8. The first-order chi connectivity index (χ1) is 18.3. The van der Waals surface area contributed by atoms with Crippen molar-refractivity contribution >= 4 is 30.1 Å². The summed E-state index contributed by atoms with van der Waals surface area (Å²) in [6, 6.07) is 12.2. The first kappa shape index (κ1) is 30.4. The van der Waals surface area contributed by atoms with Gasteiger partial charge in [0.2, 0.25) is 11.8 Å². The van der Waals surface area contributed by atoms with Gasteiger partial charge in [-0.1, -0.05) is 30.7 Å². The van der Waals surface area contributed by atoms with Crippen molar-refractivity contribution in [3.63, 3.8) is 0 Å². The largest absolute Gasteiger partial charge is 0.491 e. The van der Waals surface area contributed by atoms with Gasteiger partial charge >= 0.3 is 0 Å². The molecular formula is C29H38ClFN4O4. The number of piperidine rings is 1. The Hall–Kier alpha value is -3.17. The second-order valence-electron chi connectivity index (χ2n) is 10.4. The molecule has 2 aliphatic rings. The standard InChI is InChI=1S/C29H37FN4O4.ClH/c1-20-19-38-25-10-3-2-9-23(25)26(35)32-14-5-4-11-29(28(37)33-20)12-15-34(16-13-29)27(36)24(31)18-21-7-6-8-22(30)17-21;/h2-3,6-10,17,20,24H,4-5,11-16,18-19,31H2,1H3,(H,32,35)(H,33,37);1H/t20-,24+;/m1./s1. The SMILES string of the molecule is C[C@@H]1COc2ccccc2C(=O)NCCCCC2(CCN(C(=O)[C@@H](N)Cc3cccc(F)c3)CC2)C(=O)N1.Cl. The minimum absolute atomic E-state index is 0. The highest BCUT2D eigenvalue weighted by Crippen LogP contribution is 2.37. The molecule has 2 atom stereocenters. The molecule has 4 rings (SSSR count). The van der Waals surface area contributed by atoms with Crippen LogP contribution in [0, 0.1) is 11.2 Å². The quantitative estimate of drug-likeness (QED) is 0.533. The normalized spacial score (nSPS) is 20.8. The Morgan fingerprint density at radius 1 is 1.13 bits per heavy atom. The summed E-state index contributed by atoms with van der Waals surface area (Å²) < 4.78 is 19.4. The zero-order valence-electron chi connectivity index (χ0n) is 22.3. The smallest absolute Gasteiger partial charge is 0.255 e. The Labute approximate surface area is 235 Å². The molecule has 8 nitrogen and oxygen atoms in total. The Morgan fingerprint density at radius 3 is 2.62 bits per heavy atom. The Bertz CT molecular complexity index is 1160. The Morgan fingerprint density at radius 2 is 1.87 bits per heavy atom. The highest BCUT2D eigenvalue weighted by atomic mass is 35.5. The molecule has 39 heavy (non-hydrogen) atoms. The van der Waals surface area contributed by atoms with Crippen molar-refractivity contribution in [3.8, 4) is 5.75 Å². The molecule has 1 saturated heterocycles. The molecule has 3 amide bonds. The Kier molecular flexibility index (Phi) is 10.7. The van der Waals surface area contributed by atoms with Gasteiger partial charge in [0, 0.05) is 19.6 Å². The van der Waals surface area contributed by atoms with Gasteiger partial charge in [0.25, 0.3) is 5.91 Å². The van der Waals surface area contributed by atoms with E-state index in [4.69, 9.17) is 10.5 Å². The third-order valence-electron chi connectivity index (χ3n) is 7.54. The summed E-state index contributed by atoms with van der Waals surface area (Å²) in [6.45, 7) is 3.47. The van der Waals surface area contributed by atoms with Gasteiger partial charge in [-0.25, -0.2) is 4.39 Å². The summed E-state index contributed by atoms with van der Waals surface area (Å²) in [4.78, 5) is 41.0. The first-order valence-corrected chi connectivity index (χ1v) is 13.4. The number of likely N-dealkylation sites (tertiary alicyclic amines) is 1. The van der Waals surface area contributed by atoms with E-state index in [9.17, 15) is 18.8 Å². The van der Waals surface area contributed by atoms with Crippen LogP contribution in [0.3, 0.4) is 0 Å². The highest BCUT2D eigenvalue weighted by Gasteiger charge is 2.42. The summed E-state index contributed by atoms with van der Waals surface area (Å²) in [5.41, 5.74) is 6.74. The molecule has 1 spiro atoms. The van der Waals surface area contributed by atoms with E-state index in [1.165, 1.54) is 12.1 Å². The molecule has 0 aromatic heterocycles. The van der Waals surface area contributed by atoms with Crippen molar-refractivity contribution in [3.05, 3.63) is 65.5 Å². The lowest BCUT2D eigenvalue weighted by Crippen LogP contribution is -2.55. The third kappa shape index (κ3) is 7.70. The number of halogens is 2. The number of rotatable bonds is 3. The number of nitrogens with two attached hydrogens (primary N) is 1. The molecule has 0 aliphatic carbocycles. The number of hydrogen-bond acceptors (Lipinski definition) is 5. The van der Waals surface area contributed by atoms with E-state index in [-0.39, 0.29) is 55.0 Å². The number of fused-ring (bicyclic) bond motifs is 1. The van der Waals surface area contributed by atoms with E-state index in [0.29, 0.717) is 55.8 Å². The molecule has 212 valence electrons. The summed E-state index contributed by atoms with van der Waals surface area (Å²) in [5, 5.41) is 6.07. The maximum Gasteiger partial charge on any atom is 0.255 e. The van der Waals surface area contributed by atoms with Crippen LogP contribution in [-0.2, 0) is 16.0 Å². The number of amides is 3. The summed E-state index contributed by atoms with van der Waals surface area (Å²) >= 11 is 0. The fourth-order valence-electron chi connectivity index (χ4n) is 5.28. The lowest BCUT2D eigenvalue weighted by Gasteiger charge is -2.42. The zero-order valence-corrected chi connectivity index (χ0v) is 23.1. The average molecular weight is 561 g/mol.